The normalized spacial score (nSPS) is 17.1. The molecule has 1 aromatic heterocycles. The van der Waals surface area contributed by atoms with Crippen LogP contribution in [-0.4, -0.2) is 28.8 Å². The van der Waals surface area contributed by atoms with E-state index in [1.165, 1.54) is 32.1 Å². The van der Waals surface area contributed by atoms with Gasteiger partial charge in [-0.2, -0.15) is 5.10 Å². The summed E-state index contributed by atoms with van der Waals surface area (Å²) in [5, 5.41) is 11.1. The van der Waals surface area contributed by atoms with Gasteiger partial charge in [0.15, 0.2) is 5.96 Å². The number of halogens is 1. The number of nitrogens with one attached hydrogen (secondary N) is 2. The van der Waals surface area contributed by atoms with Gasteiger partial charge in [-0.1, -0.05) is 19.8 Å². The molecule has 126 valence electrons. The molecule has 2 rings (SSSR count). The molecule has 1 aromatic rings. The van der Waals surface area contributed by atoms with Crippen molar-refractivity contribution in [2.45, 2.75) is 52.5 Å². The van der Waals surface area contributed by atoms with Crippen LogP contribution in [0.25, 0.3) is 0 Å². The fourth-order valence-electron chi connectivity index (χ4n) is 3.11. The molecule has 0 bridgehead atoms. The molecule has 1 aliphatic carbocycles. The van der Waals surface area contributed by atoms with E-state index in [1.807, 2.05) is 24.0 Å². The van der Waals surface area contributed by atoms with Crippen molar-refractivity contribution in [1.82, 2.24) is 20.4 Å². The first-order valence-corrected chi connectivity index (χ1v) is 8.18. The Balaban J connectivity index is 0.00000242. The van der Waals surface area contributed by atoms with E-state index in [9.17, 15) is 0 Å². The average Bonchev–Trinajstić information content (AvgIpc) is 3.12. The lowest BCUT2D eigenvalue weighted by Gasteiger charge is -2.28. The molecule has 0 unspecified atom stereocenters. The summed E-state index contributed by atoms with van der Waals surface area (Å²) in [4.78, 5) is 4.68. The van der Waals surface area contributed by atoms with Gasteiger partial charge in [-0.15, -0.1) is 24.0 Å². The number of rotatable bonds is 6. The van der Waals surface area contributed by atoms with Crippen molar-refractivity contribution >= 4 is 29.9 Å². The summed E-state index contributed by atoms with van der Waals surface area (Å²) in [6.07, 6.45) is 8.50. The van der Waals surface area contributed by atoms with Crippen molar-refractivity contribution in [1.29, 1.82) is 0 Å². The largest absolute Gasteiger partial charge is 0.357 e. The molecule has 0 saturated heterocycles. The first-order chi connectivity index (χ1) is 10.2. The fraction of sp³-hybridized carbons (Fsp3) is 0.750. The second-order valence-corrected chi connectivity index (χ2v) is 6.06. The molecule has 0 spiro atoms. The zero-order valence-electron chi connectivity index (χ0n) is 14.1. The van der Waals surface area contributed by atoms with Crippen LogP contribution >= 0.6 is 24.0 Å². The molecule has 1 heterocycles. The van der Waals surface area contributed by atoms with Crippen molar-refractivity contribution in [3.63, 3.8) is 0 Å². The summed E-state index contributed by atoms with van der Waals surface area (Å²) in [5.74, 6) is 0.915. The molecule has 1 aliphatic rings. The highest BCUT2D eigenvalue weighted by Gasteiger charge is 2.31. The predicted molar refractivity (Wildman–Crippen MR) is 103 cm³/mol. The minimum absolute atomic E-state index is 0. The van der Waals surface area contributed by atoms with Gasteiger partial charge in [-0.25, -0.2) is 4.99 Å². The molecular weight excluding hydrogens is 389 g/mol. The van der Waals surface area contributed by atoms with Gasteiger partial charge in [0.25, 0.3) is 0 Å². The number of hydrogen-bond donors (Lipinski definition) is 2. The zero-order valence-corrected chi connectivity index (χ0v) is 16.4. The predicted octanol–water partition coefficient (Wildman–Crippen LogP) is 3.06. The van der Waals surface area contributed by atoms with Crippen LogP contribution in [0.2, 0.25) is 0 Å². The Labute approximate surface area is 151 Å². The Hall–Kier alpha value is -0.790. The Morgan fingerprint density at radius 2 is 2.05 bits per heavy atom. The van der Waals surface area contributed by atoms with Crippen molar-refractivity contribution in [3.05, 3.63) is 18.0 Å². The van der Waals surface area contributed by atoms with E-state index in [0.717, 1.165) is 24.7 Å². The van der Waals surface area contributed by atoms with Gasteiger partial charge in [-0.05, 0) is 37.7 Å². The Bertz CT molecular complexity index is 463. The summed E-state index contributed by atoms with van der Waals surface area (Å²) in [5.41, 5.74) is 1.60. The smallest absolute Gasteiger partial charge is 0.191 e. The Morgan fingerprint density at radius 3 is 2.59 bits per heavy atom. The van der Waals surface area contributed by atoms with Crippen LogP contribution in [-0.2, 0) is 13.6 Å². The first kappa shape index (κ1) is 19.3. The Kier molecular flexibility index (Phi) is 8.20. The van der Waals surface area contributed by atoms with Crippen LogP contribution in [0.3, 0.4) is 0 Å². The monoisotopic (exact) mass is 419 g/mol. The topological polar surface area (TPSA) is 54.2 Å². The van der Waals surface area contributed by atoms with Crippen molar-refractivity contribution in [2.75, 3.05) is 13.1 Å². The number of aromatic nitrogens is 2. The number of aliphatic imine (C=N–C) groups is 1. The van der Waals surface area contributed by atoms with E-state index < -0.39 is 0 Å². The molecule has 0 amide bonds. The number of hydrogen-bond acceptors (Lipinski definition) is 2. The first-order valence-electron chi connectivity index (χ1n) is 8.18. The number of aryl methyl sites for hydroxylation is 1. The summed E-state index contributed by atoms with van der Waals surface area (Å²) in [6.45, 7) is 6.99. The molecule has 0 aromatic carbocycles. The van der Waals surface area contributed by atoms with Crippen molar-refractivity contribution in [2.24, 2.45) is 17.5 Å². The van der Waals surface area contributed by atoms with Gasteiger partial charge in [0.05, 0.1) is 12.2 Å². The maximum absolute atomic E-state index is 4.68. The van der Waals surface area contributed by atoms with Gasteiger partial charge in [0, 0.05) is 26.3 Å². The van der Waals surface area contributed by atoms with E-state index in [-0.39, 0.29) is 24.0 Å². The third-order valence-electron chi connectivity index (χ3n) is 4.71. The van der Waals surface area contributed by atoms with Gasteiger partial charge < -0.3 is 10.6 Å². The van der Waals surface area contributed by atoms with Crippen LogP contribution in [0.4, 0.5) is 0 Å². The molecule has 22 heavy (non-hydrogen) atoms. The maximum atomic E-state index is 4.68. The summed E-state index contributed by atoms with van der Waals surface area (Å²) < 4.78 is 1.87. The average molecular weight is 419 g/mol. The van der Waals surface area contributed by atoms with E-state index in [1.54, 1.807) is 0 Å². The molecule has 1 fully saturated rings. The van der Waals surface area contributed by atoms with Gasteiger partial charge in [0.1, 0.15) is 0 Å². The highest BCUT2D eigenvalue weighted by atomic mass is 127. The Morgan fingerprint density at radius 1 is 1.32 bits per heavy atom. The number of nitrogens with zero attached hydrogens (tertiary/aromatic N) is 3. The third-order valence-corrected chi connectivity index (χ3v) is 4.71. The van der Waals surface area contributed by atoms with Crippen LogP contribution in [0, 0.1) is 5.41 Å². The molecular formula is C16H30IN5. The minimum atomic E-state index is 0. The summed E-state index contributed by atoms with van der Waals surface area (Å²) in [7, 11) is 1.95. The van der Waals surface area contributed by atoms with E-state index >= 15 is 0 Å². The fourth-order valence-corrected chi connectivity index (χ4v) is 3.11. The second kappa shape index (κ2) is 9.37. The summed E-state index contributed by atoms with van der Waals surface area (Å²) >= 11 is 0. The van der Waals surface area contributed by atoms with Crippen molar-refractivity contribution in [3.8, 4) is 0 Å². The maximum Gasteiger partial charge on any atom is 0.191 e. The lowest BCUT2D eigenvalue weighted by molar-refractivity contribution is 0.283. The van der Waals surface area contributed by atoms with E-state index in [4.69, 9.17) is 0 Å². The number of guanidine groups is 1. The molecule has 6 heteroatoms. The summed E-state index contributed by atoms with van der Waals surface area (Å²) in [6, 6.07) is 2.01. The molecule has 0 aliphatic heterocycles. The second-order valence-electron chi connectivity index (χ2n) is 6.06. The highest BCUT2D eigenvalue weighted by molar-refractivity contribution is 14.0. The van der Waals surface area contributed by atoms with Crippen molar-refractivity contribution < 1.29 is 0 Å². The van der Waals surface area contributed by atoms with Gasteiger partial charge >= 0.3 is 0 Å². The van der Waals surface area contributed by atoms with Crippen LogP contribution < -0.4 is 10.6 Å². The SMILES string of the molecule is CCNC(=NCc1ccnn1C)NCC1(CC)CCCC1.I. The minimum Gasteiger partial charge on any atom is -0.357 e. The molecule has 5 nitrogen and oxygen atoms in total. The molecule has 0 atom stereocenters. The molecule has 2 N–H and O–H groups in total. The lowest BCUT2D eigenvalue weighted by atomic mass is 9.83. The molecule has 0 radical (unpaired) electrons. The molecule has 1 saturated carbocycles. The van der Waals surface area contributed by atoms with Crippen LogP contribution in [0.1, 0.15) is 51.6 Å². The third kappa shape index (κ3) is 5.14. The quantitative estimate of drug-likeness (QED) is 0.424. The highest BCUT2D eigenvalue weighted by Crippen LogP contribution is 2.40. The van der Waals surface area contributed by atoms with Crippen LogP contribution in [0.15, 0.2) is 17.3 Å². The van der Waals surface area contributed by atoms with Gasteiger partial charge in [-0.3, -0.25) is 4.68 Å². The van der Waals surface area contributed by atoms with E-state index in [2.05, 4.69) is 34.6 Å². The lowest BCUT2D eigenvalue weighted by Crippen LogP contribution is -2.42. The van der Waals surface area contributed by atoms with Gasteiger partial charge in [0.2, 0.25) is 0 Å². The van der Waals surface area contributed by atoms with Crippen LogP contribution in [0.5, 0.6) is 0 Å². The van der Waals surface area contributed by atoms with E-state index in [0.29, 0.717) is 12.0 Å². The zero-order chi connectivity index (χ0) is 15.1. The standard InChI is InChI=1S/C16H29N5.HI/c1-4-16(9-6-7-10-16)13-19-15(17-5-2)18-12-14-8-11-20-21(14)3;/h8,11H,4-7,9-10,12-13H2,1-3H3,(H2,17,18,19);1H.